The Labute approximate surface area is 124 Å². The molecule has 0 bridgehead atoms. The van der Waals surface area contributed by atoms with Crippen molar-refractivity contribution in [3.63, 3.8) is 0 Å². The van der Waals surface area contributed by atoms with Gasteiger partial charge in [0.2, 0.25) is 0 Å². The van der Waals surface area contributed by atoms with E-state index in [4.69, 9.17) is 5.11 Å². The Bertz CT molecular complexity index is 748. The second-order valence-electron chi connectivity index (χ2n) is 4.95. The van der Waals surface area contributed by atoms with Crippen LogP contribution in [0.4, 0.5) is 0 Å². The van der Waals surface area contributed by atoms with E-state index in [1.165, 1.54) is 10.6 Å². The third-order valence-corrected chi connectivity index (χ3v) is 4.19. The van der Waals surface area contributed by atoms with Crippen LogP contribution in [0.5, 0.6) is 0 Å². The van der Waals surface area contributed by atoms with E-state index in [0.717, 1.165) is 24.6 Å². The molecule has 0 spiro atoms. The molecule has 0 unspecified atom stereocenters. The van der Waals surface area contributed by atoms with E-state index in [0.29, 0.717) is 22.6 Å². The largest absolute Gasteiger partial charge is 0.481 e. The Morgan fingerprint density at radius 3 is 2.86 bits per heavy atom. The number of carbonyl (C=O) groups is 1. The van der Waals surface area contributed by atoms with Crippen molar-refractivity contribution in [2.24, 2.45) is 7.05 Å². The maximum absolute atomic E-state index is 11.8. The maximum atomic E-state index is 11.8. The molecule has 1 fully saturated rings. The van der Waals surface area contributed by atoms with Gasteiger partial charge in [0.15, 0.2) is 11.0 Å². The lowest BCUT2D eigenvalue weighted by Gasteiger charge is -2.08. The first kappa shape index (κ1) is 13.9. The molecule has 0 saturated heterocycles. The van der Waals surface area contributed by atoms with E-state index in [1.807, 2.05) is 10.6 Å². The van der Waals surface area contributed by atoms with Gasteiger partial charge in [-0.3, -0.25) is 14.2 Å². The zero-order chi connectivity index (χ0) is 15.0. The summed E-state index contributed by atoms with van der Waals surface area (Å²) in [6, 6.07) is 3.64. The van der Waals surface area contributed by atoms with Crippen LogP contribution in [0.15, 0.2) is 28.3 Å². The van der Waals surface area contributed by atoms with Crippen LogP contribution in [0.1, 0.15) is 18.9 Å². The summed E-state index contributed by atoms with van der Waals surface area (Å²) < 4.78 is 3.43. The van der Waals surface area contributed by atoms with Crippen LogP contribution >= 0.6 is 11.8 Å². The first-order valence-electron chi connectivity index (χ1n) is 6.53. The van der Waals surface area contributed by atoms with E-state index < -0.39 is 5.97 Å². The molecular formula is C13H14N4O3S. The Kier molecular flexibility index (Phi) is 3.54. The lowest BCUT2D eigenvalue weighted by Crippen LogP contribution is -2.14. The zero-order valence-electron chi connectivity index (χ0n) is 11.4. The van der Waals surface area contributed by atoms with Gasteiger partial charge in [0.05, 0.1) is 5.75 Å². The Morgan fingerprint density at radius 2 is 2.24 bits per heavy atom. The summed E-state index contributed by atoms with van der Waals surface area (Å²) in [6.07, 6.45) is 3.74. The highest BCUT2D eigenvalue weighted by atomic mass is 32.2. The number of rotatable bonds is 5. The highest BCUT2D eigenvalue weighted by molar-refractivity contribution is 7.99. The molecule has 1 aliphatic rings. The fourth-order valence-corrected chi connectivity index (χ4v) is 2.77. The smallest absolute Gasteiger partial charge is 0.313 e. The highest BCUT2D eigenvalue weighted by Crippen LogP contribution is 2.40. The molecule has 21 heavy (non-hydrogen) atoms. The third-order valence-electron chi connectivity index (χ3n) is 3.26. The van der Waals surface area contributed by atoms with Gasteiger partial charge in [-0.05, 0) is 18.9 Å². The number of aromatic nitrogens is 4. The van der Waals surface area contributed by atoms with E-state index in [9.17, 15) is 9.59 Å². The molecule has 0 aliphatic heterocycles. The first-order valence-corrected chi connectivity index (χ1v) is 7.51. The van der Waals surface area contributed by atoms with Gasteiger partial charge in [-0.25, -0.2) is 0 Å². The molecule has 1 N–H and O–H groups in total. The van der Waals surface area contributed by atoms with E-state index in [2.05, 4.69) is 10.2 Å². The normalized spacial score (nSPS) is 14.3. The Balaban J connectivity index is 2.00. The van der Waals surface area contributed by atoms with Gasteiger partial charge < -0.3 is 9.67 Å². The minimum atomic E-state index is -0.888. The summed E-state index contributed by atoms with van der Waals surface area (Å²) in [6.45, 7) is 0. The number of pyridine rings is 1. The molecule has 3 rings (SSSR count). The fraction of sp³-hybridized carbons (Fsp3) is 0.385. The molecule has 110 valence electrons. The minimum absolute atomic E-state index is 0.0542. The molecule has 2 aromatic rings. The fourth-order valence-electron chi connectivity index (χ4n) is 2.05. The molecule has 0 aromatic carbocycles. The van der Waals surface area contributed by atoms with Crippen molar-refractivity contribution in [1.82, 2.24) is 19.3 Å². The molecule has 2 heterocycles. The molecule has 2 aromatic heterocycles. The zero-order valence-corrected chi connectivity index (χ0v) is 12.2. The van der Waals surface area contributed by atoms with Gasteiger partial charge in [0.1, 0.15) is 0 Å². The Hall–Kier alpha value is -2.09. The molecule has 0 amide bonds. The molecular weight excluding hydrogens is 292 g/mol. The SMILES string of the molecule is Cn1ccc(-c2nnc(SCC(=O)O)n2C2CC2)cc1=O. The van der Waals surface area contributed by atoms with Crippen molar-refractivity contribution >= 4 is 17.7 Å². The second kappa shape index (κ2) is 5.36. The van der Waals surface area contributed by atoms with Gasteiger partial charge in [-0.1, -0.05) is 11.8 Å². The van der Waals surface area contributed by atoms with Gasteiger partial charge >= 0.3 is 5.97 Å². The number of carboxylic acids is 1. The lowest BCUT2D eigenvalue weighted by atomic mass is 10.2. The van der Waals surface area contributed by atoms with Crippen molar-refractivity contribution in [2.45, 2.75) is 24.0 Å². The topological polar surface area (TPSA) is 90.0 Å². The molecule has 8 heteroatoms. The monoisotopic (exact) mass is 306 g/mol. The van der Waals surface area contributed by atoms with Gasteiger partial charge in [-0.2, -0.15) is 0 Å². The van der Waals surface area contributed by atoms with Crippen LogP contribution in [0.2, 0.25) is 0 Å². The summed E-state index contributed by atoms with van der Waals surface area (Å²) in [5.74, 6) is -0.315. The first-order chi connectivity index (χ1) is 10.1. The van der Waals surface area contributed by atoms with Gasteiger partial charge in [0, 0.05) is 30.9 Å². The van der Waals surface area contributed by atoms with Gasteiger partial charge in [0.25, 0.3) is 5.56 Å². The predicted molar refractivity (Wildman–Crippen MR) is 77.3 cm³/mol. The number of carboxylic acid groups (broad SMARTS) is 1. The van der Waals surface area contributed by atoms with E-state index in [1.54, 1.807) is 13.2 Å². The summed E-state index contributed by atoms with van der Waals surface area (Å²) in [7, 11) is 1.69. The third kappa shape index (κ3) is 2.85. The van der Waals surface area contributed by atoms with Crippen molar-refractivity contribution in [1.29, 1.82) is 0 Å². The second-order valence-corrected chi connectivity index (χ2v) is 5.90. The van der Waals surface area contributed by atoms with Crippen molar-refractivity contribution in [3.05, 3.63) is 28.7 Å². The van der Waals surface area contributed by atoms with Crippen LogP contribution in [0.3, 0.4) is 0 Å². The van der Waals surface area contributed by atoms with E-state index in [-0.39, 0.29) is 11.3 Å². The molecule has 1 saturated carbocycles. The van der Waals surface area contributed by atoms with Crippen molar-refractivity contribution < 1.29 is 9.90 Å². The Morgan fingerprint density at radius 1 is 1.48 bits per heavy atom. The lowest BCUT2D eigenvalue weighted by molar-refractivity contribution is -0.133. The number of hydrogen-bond acceptors (Lipinski definition) is 5. The number of nitrogens with zero attached hydrogens (tertiary/aromatic N) is 4. The van der Waals surface area contributed by atoms with Crippen molar-refractivity contribution in [3.8, 4) is 11.4 Å². The predicted octanol–water partition coefficient (Wildman–Crippen LogP) is 1.16. The quantitative estimate of drug-likeness (QED) is 0.834. The average Bonchev–Trinajstić information content (AvgIpc) is 3.19. The van der Waals surface area contributed by atoms with Crippen molar-refractivity contribution in [2.75, 3.05) is 5.75 Å². The summed E-state index contributed by atoms with van der Waals surface area (Å²) >= 11 is 1.15. The molecule has 0 atom stereocenters. The summed E-state index contributed by atoms with van der Waals surface area (Å²) in [4.78, 5) is 22.5. The number of aliphatic carboxylic acids is 1. The highest BCUT2D eigenvalue weighted by Gasteiger charge is 2.30. The molecule has 1 aliphatic carbocycles. The average molecular weight is 306 g/mol. The van der Waals surface area contributed by atoms with Crippen LogP contribution in [-0.2, 0) is 11.8 Å². The van der Waals surface area contributed by atoms with Gasteiger partial charge in [-0.15, -0.1) is 10.2 Å². The number of aryl methyl sites for hydroxylation is 1. The van der Waals surface area contributed by atoms with Crippen LogP contribution < -0.4 is 5.56 Å². The number of hydrogen-bond donors (Lipinski definition) is 1. The van der Waals surface area contributed by atoms with Crippen LogP contribution in [0, 0.1) is 0 Å². The summed E-state index contributed by atoms with van der Waals surface area (Å²) in [5.41, 5.74) is 0.595. The summed E-state index contributed by atoms with van der Waals surface area (Å²) in [5, 5.41) is 17.6. The minimum Gasteiger partial charge on any atom is -0.481 e. The standard InChI is InChI=1S/C13H14N4O3S/c1-16-5-4-8(6-10(16)18)12-14-15-13(21-7-11(19)20)17(12)9-2-3-9/h4-6,9H,2-3,7H2,1H3,(H,19,20). The maximum Gasteiger partial charge on any atom is 0.313 e. The molecule has 0 radical (unpaired) electrons. The molecule has 7 nitrogen and oxygen atoms in total. The van der Waals surface area contributed by atoms with E-state index >= 15 is 0 Å². The number of thioether (sulfide) groups is 1. The van der Waals surface area contributed by atoms with Crippen LogP contribution in [0.25, 0.3) is 11.4 Å². The van der Waals surface area contributed by atoms with Crippen LogP contribution in [-0.4, -0.2) is 36.2 Å².